The molecule has 2 nitrogen and oxygen atoms in total. The van der Waals surface area contributed by atoms with Crippen LogP contribution in [0.1, 0.15) is 20.8 Å². The van der Waals surface area contributed by atoms with Crippen molar-refractivity contribution in [2.45, 2.75) is 38.9 Å². The maximum absolute atomic E-state index is 3.79. The molecule has 0 aromatic rings. The molecule has 0 fully saturated rings. The Bertz CT molecular complexity index is 134. The fourth-order valence-electron chi connectivity index (χ4n) is 1.13. The van der Waals surface area contributed by atoms with E-state index in [0.29, 0.717) is 18.1 Å². The summed E-state index contributed by atoms with van der Waals surface area (Å²) in [5.74, 6) is 0. The van der Waals surface area contributed by atoms with E-state index in [2.05, 4.69) is 44.6 Å². The predicted octanol–water partition coefficient (Wildman–Crippen LogP) is 1.49. The summed E-state index contributed by atoms with van der Waals surface area (Å²) in [4.78, 5) is 2.31. The second kappa shape index (κ2) is 5.33. The molecule has 1 N–H and O–H groups in total. The van der Waals surface area contributed by atoms with Gasteiger partial charge in [-0.15, -0.1) is 6.58 Å². The first-order valence-corrected chi connectivity index (χ1v) is 4.56. The van der Waals surface area contributed by atoms with Crippen LogP contribution < -0.4 is 5.32 Å². The molecule has 12 heavy (non-hydrogen) atoms. The van der Waals surface area contributed by atoms with Crippen LogP contribution in [0.4, 0.5) is 0 Å². The van der Waals surface area contributed by atoms with E-state index in [9.17, 15) is 0 Å². The quantitative estimate of drug-likeness (QED) is 0.629. The van der Waals surface area contributed by atoms with Gasteiger partial charge < -0.3 is 5.32 Å². The Labute approximate surface area is 76.6 Å². The van der Waals surface area contributed by atoms with Gasteiger partial charge in [-0.3, -0.25) is 4.90 Å². The molecule has 0 saturated heterocycles. The first-order chi connectivity index (χ1) is 5.54. The SMILES string of the molecule is C=CC(C)N(C)C(C)C(C)NC. The van der Waals surface area contributed by atoms with Gasteiger partial charge in [-0.25, -0.2) is 0 Å². The average Bonchev–Trinajstić information content (AvgIpc) is 2.12. The van der Waals surface area contributed by atoms with Gasteiger partial charge in [0.15, 0.2) is 0 Å². The molecule has 0 rings (SSSR count). The zero-order chi connectivity index (χ0) is 9.72. The molecule has 3 unspecified atom stereocenters. The molecular formula is C10H22N2. The zero-order valence-electron chi connectivity index (χ0n) is 8.96. The summed E-state index contributed by atoms with van der Waals surface area (Å²) in [7, 11) is 4.12. The van der Waals surface area contributed by atoms with Gasteiger partial charge >= 0.3 is 0 Å². The standard InChI is InChI=1S/C10H22N2/c1-7-8(2)12(6)10(4)9(3)11-5/h7-11H,1H2,2-6H3. The van der Waals surface area contributed by atoms with Crippen LogP contribution in [0.2, 0.25) is 0 Å². The van der Waals surface area contributed by atoms with Crippen molar-refractivity contribution in [3.05, 3.63) is 12.7 Å². The second-order valence-corrected chi connectivity index (χ2v) is 3.46. The van der Waals surface area contributed by atoms with Crippen molar-refractivity contribution >= 4 is 0 Å². The Hall–Kier alpha value is -0.340. The smallest absolute Gasteiger partial charge is 0.0247 e. The lowest BCUT2D eigenvalue weighted by atomic mass is 10.1. The highest BCUT2D eigenvalue weighted by Crippen LogP contribution is 2.06. The molecule has 0 aliphatic carbocycles. The fraction of sp³-hybridized carbons (Fsp3) is 0.800. The third-order valence-electron chi connectivity index (χ3n) is 2.80. The van der Waals surface area contributed by atoms with E-state index in [-0.39, 0.29) is 0 Å². The second-order valence-electron chi connectivity index (χ2n) is 3.46. The van der Waals surface area contributed by atoms with Crippen molar-refractivity contribution < 1.29 is 0 Å². The fourth-order valence-corrected chi connectivity index (χ4v) is 1.13. The predicted molar refractivity (Wildman–Crippen MR) is 55.4 cm³/mol. The van der Waals surface area contributed by atoms with E-state index < -0.39 is 0 Å². The summed E-state index contributed by atoms with van der Waals surface area (Å²) >= 11 is 0. The van der Waals surface area contributed by atoms with Gasteiger partial charge in [0.2, 0.25) is 0 Å². The summed E-state index contributed by atoms with van der Waals surface area (Å²) in [5, 5.41) is 3.25. The molecule has 0 amide bonds. The Morgan fingerprint density at radius 2 is 1.83 bits per heavy atom. The van der Waals surface area contributed by atoms with Gasteiger partial charge in [0, 0.05) is 18.1 Å². The Balaban J connectivity index is 4.07. The molecule has 0 spiro atoms. The van der Waals surface area contributed by atoms with Gasteiger partial charge in [-0.2, -0.15) is 0 Å². The molecule has 0 saturated carbocycles. The molecule has 0 aromatic carbocycles. The molecule has 0 aliphatic rings. The number of nitrogens with one attached hydrogen (secondary N) is 1. The summed E-state index contributed by atoms with van der Waals surface area (Å²) in [6.07, 6.45) is 1.97. The van der Waals surface area contributed by atoms with Crippen LogP contribution in [0.25, 0.3) is 0 Å². The number of rotatable bonds is 5. The number of hydrogen-bond donors (Lipinski definition) is 1. The lowest BCUT2D eigenvalue weighted by molar-refractivity contribution is 0.193. The van der Waals surface area contributed by atoms with Crippen molar-refractivity contribution in [1.29, 1.82) is 0 Å². The van der Waals surface area contributed by atoms with Gasteiger partial charge in [0.05, 0.1) is 0 Å². The largest absolute Gasteiger partial charge is 0.316 e. The number of hydrogen-bond acceptors (Lipinski definition) is 2. The minimum atomic E-state index is 0.441. The third-order valence-corrected chi connectivity index (χ3v) is 2.80. The van der Waals surface area contributed by atoms with Crippen LogP contribution in [0.5, 0.6) is 0 Å². The number of nitrogens with zero attached hydrogens (tertiary/aromatic N) is 1. The maximum Gasteiger partial charge on any atom is 0.0247 e. The van der Waals surface area contributed by atoms with Gasteiger partial charge in [-0.05, 0) is 34.9 Å². The van der Waals surface area contributed by atoms with Crippen LogP contribution in [-0.2, 0) is 0 Å². The van der Waals surface area contributed by atoms with Crippen LogP contribution in [0.3, 0.4) is 0 Å². The number of likely N-dealkylation sites (N-methyl/N-ethyl adjacent to an activating group) is 2. The van der Waals surface area contributed by atoms with E-state index in [1.54, 1.807) is 0 Å². The third kappa shape index (κ3) is 2.95. The van der Waals surface area contributed by atoms with Gasteiger partial charge in [0.1, 0.15) is 0 Å². The van der Waals surface area contributed by atoms with Crippen molar-refractivity contribution in [2.75, 3.05) is 14.1 Å². The monoisotopic (exact) mass is 170 g/mol. The van der Waals surface area contributed by atoms with E-state index in [4.69, 9.17) is 0 Å². The van der Waals surface area contributed by atoms with E-state index >= 15 is 0 Å². The minimum Gasteiger partial charge on any atom is -0.316 e. The van der Waals surface area contributed by atoms with E-state index in [1.807, 2.05) is 13.1 Å². The molecule has 0 bridgehead atoms. The summed E-state index contributed by atoms with van der Waals surface area (Å²) < 4.78 is 0. The lowest BCUT2D eigenvalue weighted by Crippen LogP contribution is -2.46. The van der Waals surface area contributed by atoms with E-state index in [0.717, 1.165) is 0 Å². The summed E-state index contributed by atoms with van der Waals surface area (Å²) in [6.45, 7) is 10.4. The highest BCUT2D eigenvalue weighted by atomic mass is 15.2. The topological polar surface area (TPSA) is 15.3 Å². The maximum atomic E-state index is 3.79. The minimum absolute atomic E-state index is 0.441. The molecule has 0 aromatic heterocycles. The molecule has 3 atom stereocenters. The summed E-state index contributed by atoms with van der Waals surface area (Å²) in [6, 6.07) is 1.48. The molecule has 0 heterocycles. The molecular weight excluding hydrogens is 148 g/mol. The molecule has 0 radical (unpaired) electrons. The van der Waals surface area contributed by atoms with Crippen LogP contribution in [-0.4, -0.2) is 37.1 Å². The Morgan fingerprint density at radius 1 is 1.33 bits per heavy atom. The highest BCUT2D eigenvalue weighted by molar-refractivity contribution is 4.87. The van der Waals surface area contributed by atoms with Crippen molar-refractivity contribution in [3.63, 3.8) is 0 Å². The summed E-state index contributed by atoms with van der Waals surface area (Å²) in [5.41, 5.74) is 0. The van der Waals surface area contributed by atoms with Gasteiger partial charge in [0.25, 0.3) is 0 Å². The molecule has 72 valence electrons. The first-order valence-electron chi connectivity index (χ1n) is 4.56. The van der Waals surface area contributed by atoms with Crippen LogP contribution in [0, 0.1) is 0 Å². The van der Waals surface area contributed by atoms with Crippen LogP contribution in [0.15, 0.2) is 12.7 Å². The molecule has 0 aliphatic heterocycles. The average molecular weight is 170 g/mol. The van der Waals surface area contributed by atoms with Crippen molar-refractivity contribution in [1.82, 2.24) is 10.2 Å². The van der Waals surface area contributed by atoms with Crippen molar-refractivity contribution in [3.8, 4) is 0 Å². The Morgan fingerprint density at radius 3 is 2.17 bits per heavy atom. The highest BCUT2D eigenvalue weighted by Gasteiger charge is 2.17. The van der Waals surface area contributed by atoms with E-state index in [1.165, 1.54) is 0 Å². The molecule has 2 heteroatoms. The Kier molecular flexibility index (Phi) is 5.18. The first kappa shape index (κ1) is 11.7. The van der Waals surface area contributed by atoms with Crippen molar-refractivity contribution in [2.24, 2.45) is 0 Å². The van der Waals surface area contributed by atoms with Crippen LogP contribution >= 0.6 is 0 Å². The normalized spacial score (nSPS) is 18.8. The lowest BCUT2D eigenvalue weighted by Gasteiger charge is -2.32. The van der Waals surface area contributed by atoms with Gasteiger partial charge in [-0.1, -0.05) is 6.08 Å². The zero-order valence-corrected chi connectivity index (χ0v) is 8.96.